The van der Waals surface area contributed by atoms with E-state index in [0.29, 0.717) is 5.02 Å². The molecule has 1 aliphatic heterocycles. The van der Waals surface area contributed by atoms with E-state index in [1.54, 1.807) is 12.4 Å². The van der Waals surface area contributed by atoms with Crippen LogP contribution in [0.1, 0.15) is 5.56 Å². The number of thioether (sulfide) groups is 2. The SMILES string of the molecule is Cc1c(Cl)cccc1NC(=O)CSc1nccnc1N1CCSCC1. The molecule has 5 nitrogen and oxygen atoms in total. The van der Waals surface area contributed by atoms with Gasteiger partial charge < -0.3 is 10.2 Å². The Balaban J connectivity index is 1.63. The zero-order valence-electron chi connectivity index (χ0n) is 13.9. The second-order valence-electron chi connectivity index (χ2n) is 5.53. The second kappa shape index (κ2) is 8.78. The third kappa shape index (κ3) is 4.80. The van der Waals surface area contributed by atoms with Crippen molar-refractivity contribution in [3.63, 3.8) is 0 Å². The third-order valence-corrected chi connectivity index (χ3v) is 6.16. The van der Waals surface area contributed by atoms with E-state index in [0.717, 1.165) is 46.7 Å². The average molecular weight is 395 g/mol. The van der Waals surface area contributed by atoms with E-state index >= 15 is 0 Å². The van der Waals surface area contributed by atoms with Crippen LogP contribution in [0.25, 0.3) is 0 Å². The van der Waals surface area contributed by atoms with E-state index in [1.807, 2.05) is 36.9 Å². The number of aromatic nitrogens is 2. The molecule has 1 N–H and O–H groups in total. The molecule has 1 aliphatic rings. The van der Waals surface area contributed by atoms with Crippen LogP contribution in [-0.2, 0) is 4.79 Å². The van der Waals surface area contributed by atoms with E-state index in [4.69, 9.17) is 11.6 Å². The summed E-state index contributed by atoms with van der Waals surface area (Å²) in [6, 6.07) is 5.49. The number of benzene rings is 1. The lowest BCUT2D eigenvalue weighted by Crippen LogP contribution is -2.33. The number of anilines is 2. The van der Waals surface area contributed by atoms with Crippen molar-refractivity contribution in [2.75, 3.05) is 40.6 Å². The van der Waals surface area contributed by atoms with Gasteiger partial charge in [-0.15, -0.1) is 0 Å². The lowest BCUT2D eigenvalue weighted by atomic mass is 10.2. The number of nitrogens with zero attached hydrogens (tertiary/aromatic N) is 3. The number of carbonyl (C=O) groups excluding carboxylic acids is 1. The minimum absolute atomic E-state index is 0.0823. The van der Waals surface area contributed by atoms with Crippen molar-refractivity contribution < 1.29 is 4.79 Å². The summed E-state index contributed by atoms with van der Waals surface area (Å²) < 4.78 is 0. The predicted octanol–water partition coefficient (Wildman–Crippen LogP) is 3.72. The van der Waals surface area contributed by atoms with Crippen LogP contribution in [0.5, 0.6) is 0 Å². The van der Waals surface area contributed by atoms with Crippen molar-refractivity contribution >= 4 is 52.5 Å². The fraction of sp³-hybridized carbons (Fsp3) is 0.353. The minimum atomic E-state index is -0.0823. The van der Waals surface area contributed by atoms with Crippen molar-refractivity contribution in [3.05, 3.63) is 41.2 Å². The summed E-state index contributed by atoms with van der Waals surface area (Å²) in [6.07, 6.45) is 3.38. The summed E-state index contributed by atoms with van der Waals surface area (Å²) >= 11 is 9.46. The third-order valence-electron chi connectivity index (χ3n) is 3.84. The van der Waals surface area contributed by atoms with Crippen LogP contribution in [0.15, 0.2) is 35.6 Å². The number of rotatable bonds is 5. The number of halogens is 1. The topological polar surface area (TPSA) is 58.1 Å². The van der Waals surface area contributed by atoms with E-state index < -0.39 is 0 Å². The van der Waals surface area contributed by atoms with Crippen molar-refractivity contribution in [2.45, 2.75) is 11.9 Å². The van der Waals surface area contributed by atoms with Gasteiger partial charge in [-0.05, 0) is 24.6 Å². The van der Waals surface area contributed by atoms with Gasteiger partial charge in [0.05, 0.1) is 5.75 Å². The summed E-state index contributed by atoms with van der Waals surface area (Å²) in [5, 5.41) is 4.35. The molecule has 1 aromatic carbocycles. The standard InChI is InChI=1S/C17H19ClN4OS2/c1-12-13(18)3-2-4-14(12)21-15(23)11-25-17-16(19-5-6-20-17)22-7-9-24-10-8-22/h2-6H,7-11H2,1H3,(H,21,23). The first-order valence-electron chi connectivity index (χ1n) is 7.96. The Morgan fingerprint density at radius 3 is 2.88 bits per heavy atom. The zero-order valence-corrected chi connectivity index (χ0v) is 16.3. The van der Waals surface area contributed by atoms with E-state index in [9.17, 15) is 4.79 Å². The highest BCUT2D eigenvalue weighted by molar-refractivity contribution is 8.00. The van der Waals surface area contributed by atoms with E-state index in [2.05, 4.69) is 20.2 Å². The van der Waals surface area contributed by atoms with Gasteiger partial charge in [0.1, 0.15) is 5.03 Å². The lowest BCUT2D eigenvalue weighted by Gasteiger charge is -2.28. The zero-order chi connectivity index (χ0) is 17.6. The molecule has 25 heavy (non-hydrogen) atoms. The fourth-order valence-electron chi connectivity index (χ4n) is 2.47. The summed E-state index contributed by atoms with van der Waals surface area (Å²) in [7, 11) is 0. The molecule has 1 fully saturated rings. The monoisotopic (exact) mass is 394 g/mol. The van der Waals surface area contributed by atoms with Gasteiger partial charge in [-0.3, -0.25) is 4.79 Å². The maximum atomic E-state index is 12.3. The minimum Gasteiger partial charge on any atom is -0.353 e. The van der Waals surface area contributed by atoms with Gasteiger partial charge >= 0.3 is 0 Å². The van der Waals surface area contributed by atoms with E-state index in [1.165, 1.54) is 11.8 Å². The number of carbonyl (C=O) groups is 1. The first-order chi connectivity index (χ1) is 12.1. The van der Waals surface area contributed by atoms with Gasteiger partial charge in [-0.2, -0.15) is 11.8 Å². The van der Waals surface area contributed by atoms with Gasteiger partial charge in [-0.25, -0.2) is 9.97 Å². The maximum absolute atomic E-state index is 12.3. The Hall–Kier alpha value is -1.44. The van der Waals surface area contributed by atoms with Crippen LogP contribution in [0.4, 0.5) is 11.5 Å². The molecule has 1 amide bonds. The Morgan fingerprint density at radius 2 is 2.08 bits per heavy atom. The van der Waals surface area contributed by atoms with Crippen LogP contribution in [0.3, 0.4) is 0 Å². The summed E-state index contributed by atoms with van der Waals surface area (Å²) in [5.74, 6) is 3.26. The molecule has 8 heteroatoms. The smallest absolute Gasteiger partial charge is 0.234 e. The molecule has 0 spiro atoms. The first-order valence-corrected chi connectivity index (χ1v) is 10.5. The molecule has 3 rings (SSSR count). The van der Waals surface area contributed by atoms with Crippen molar-refractivity contribution in [1.29, 1.82) is 0 Å². The highest BCUT2D eigenvalue weighted by atomic mass is 35.5. The molecule has 132 valence electrons. The summed E-state index contributed by atoms with van der Waals surface area (Å²) in [6.45, 7) is 3.82. The Kier molecular flexibility index (Phi) is 6.45. The Labute approximate surface area is 160 Å². The number of hydrogen-bond donors (Lipinski definition) is 1. The highest BCUT2D eigenvalue weighted by Crippen LogP contribution is 2.28. The van der Waals surface area contributed by atoms with Gasteiger partial charge in [0.25, 0.3) is 0 Å². The lowest BCUT2D eigenvalue weighted by molar-refractivity contribution is -0.113. The molecule has 0 bridgehead atoms. The molecule has 0 atom stereocenters. The van der Waals surface area contributed by atoms with Crippen LogP contribution in [0, 0.1) is 6.92 Å². The molecule has 0 unspecified atom stereocenters. The summed E-state index contributed by atoms with van der Waals surface area (Å²) in [4.78, 5) is 23.4. The number of hydrogen-bond acceptors (Lipinski definition) is 6. The Bertz CT molecular complexity index is 753. The first kappa shape index (κ1) is 18.4. The average Bonchev–Trinajstić information content (AvgIpc) is 2.65. The van der Waals surface area contributed by atoms with Crippen LogP contribution in [0.2, 0.25) is 5.02 Å². The van der Waals surface area contributed by atoms with Crippen LogP contribution >= 0.6 is 35.1 Å². The van der Waals surface area contributed by atoms with Gasteiger partial charge in [-0.1, -0.05) is 29.4 Å². The molecule has 2 heterocycles. The van der Waals surface area contributed by atoms with Gasteiger partial charge in [0.15, 0.2) is 5.82 Å². The highest BCUT2D eigenvalue weighted by Gasteiger charge is 2.18. The molecular formula is C17H19ClN4OS2. The molecule has 1 aromatic heterocycles. The van der Waals surface area contributed by atoms with Crippen molar-refractivity contribution in [1.82, 2.24) is 9.97 Å². The Morgan fingerprint density at radius 1 is 1.32 bits per heavy atom. The molecule has 2 aromatic rings. The molecule has 0 saturated carbocycles. The van der Waals surface area contributed by atoms with Gasteiger partial charge in [0.2, 0.25) is 5.91 Å². The molecule has 0 aliphatic carbocycles. The molecule has 1 saturated heterocycles. The fourth-order valence-corrected chi connectivity index (χ4v) is 4.34. The quantitative estimate of drug-likeness (QED) is 0.780. The van der Waals surface area contributed by atoms with Gasteiger partial charge in [0, 0.05) is 47.7 Å². The second-order valence-corrected chi connectivity index (χ2v) is 8.13. The molecule has 0 radical (unpaired) electrons. The van der Waals surface area contributed by atoms with Crippen LogP contribution in [-0.4, -0.2) is 46.2 Å². The van der Waals surface area contributed by atoms with Crippen molar-refractivity contribution in [3.8, 4) is 0 Å². The largest absolute Gasteiger partial charge is 0.353 e. The summed E-state index contributed by atoms with van der Waals surface area (Å²) in [5.41, 5.74) is 1.61. The van der Waals surface area contributed by atoms with E-state index in [-0.39, 0.29) is 11.7 Å². The number of amides is 1. The molecular weight excluding hydrogens is 376 g/mol. The number of nitrogens with one attached hydrogen (secondary N) is 1. The normalized spacial score (nSPS) is 14.4. The maximum Gasteiger partial charge on any atom is 0.234 e. The predicted molar refractivity (Wildman–Crippen MR) is 107 cm³/mol. The van der Waals surface area contributed by atoms with Crippen LogP contribution < -0.4 is 10.2 Å². The van der Waals surface area contributed by atoms with Crippen molar-refractivity contribution in [2.24, 2.45) is 0 Å².